The number of ether oxygens (including phenoxy) is 1. The van der Waals surface area contributed by atoms with Crippen molar-refractivity contribution in [2.24, 2.45) is 5.41 Å². The summed E-state index contributed by atoms with van der Waals surface area (Å²) in [4.78, 5) is 12.7. The van der Waals surface area contributed by atoms with Crippen molar-refractivity contribution < 1.29 is 9.84 Å². The molecule has 1 aliphatic rings. The largest absolute Gasteiger partial charge is 0.467 e. The molecule has 1 aromatic heterocycles. The highest BCUT2D eigenvalue weighted by Gasteiger charge is 2.31. The predicted molar refractivity (Wildman–Crippen MR) is 81.6 cm³/mol. The summed E-state index contributed by atoms with van der Waals surface area (Å²) in [5.41, 5.74) is -0.0591. The smallest absolute Gasteiger partial charge is 0.322 e. The molecule has 0 aliphatic heterocycles. The van der Waals surface area contributed by atoms with Gasteiger partial charge in [0.15, 0.2) is 0 Å². The van der Waals surface area contributed by atoms with Gasteiger partial charge in [0.1, 0.15) is 0 Å². The van der Waals surface area contributed by atoms with Gasteiger partial charge < -0.3 is 20.5 Å². The molecule has 7 nitrogen and oxygen atoms in total. The molecule has 0 aromatic carbocycles. The third-order valence-electron chi connectivity index (χ3n) is 4.00. The number of methoxy groups -OCH3 is 1. The Bertz CT molecular complexity index is 449. The lowest BCUT2D eigenvalue weighted by Gasteiger charge is -2.35. The summed E-state index contributed by atoms with van der Waals surface area (Å²) in [7, 11) is 1.53. The van der Waals surface area contributed by atoms with Gasteiger partial charge in [0.2, 0.25) is 11.9 Å². The zero-order valence-corrected chi connectivity index (χ0v) is 12.9. The van der Waals surface area contributed by atoms with Crippen LogP contribution in [0.25, 0.3) is 0 Å². The van der Waals surface area contributed by atoms with E-state index in [-0.39, 0.29) is 18.0 Å². The second kappa shape index (κ2) is 7.40. The summed E-state index contributed by atoms with van der Waals surface area (Å²) in [5, 5.41) is 16.0. The van der Waals surface area contributed by atoms with Gasteiger partial charge in [-0.1, -0.05) is 19.3 Å². The highest BCUT2D eigenvalue weighted by Crippen LogP contribution is 2.35. The first-order chi connectivity index (χ1) is 10.2. The number of hydrogen-bond donors (Lipinski definition) is 3. The molecule has 1 aliphatic carbocycles. The molecule has 2 rings (SSSR count). The van der Waals surface area contributed by atoms with Gasteiger partial charge in [0, 0.05) is 18.5 Å². The average Bonchev–Trinajstić information content (AvgIpc) is 2.54. The molecule has 118 valence electrons. The Kier molecular flexibility index (Phi) is 5.55. The van der Waals surface area contributed by atoms with Gasteiger partial charge >= 0.3 is 6.01 Å². The van der Waals surface area contributed by atoms with Gasteiger partial charge in [-0.3, -0.25) is 0 Å². The fourth-order valence-corrected chi connectivity index (χ4v) is 2.72. The average molecular weight is 295 g/mol. The number of hydrogen-bond acceptors (Lipinski definition) is 7. The third kappa shape index (κ3) is 4.17. The van der Waals surface area contributed by atoms with Crippen molar-refractivity contribution in [3.63, 3.8) is 0 Å². The van der Waals surface area contributed by atoms with Crippen molar-refractivity contribution in [2.75, 3.05) is 37.4 Å². The molecule has 3 N–H and O–H groups in total. The van der Waals surface area contributed by atoms with E-state index in [1.165, 1.54) is 26.4 Å². The number of aliphatic hydroxyl groups excluding tert-OH is 1. The monoisotopic (exact) mass is 295 g/mol. The van der Waals surface area contributed by atoms with Crippen LogP contribution in [-0.2, 0) is 0 Å². The summed E-state index contributed by atoms with van der Waals surface area (Å²) < 4.78 is 5.09. The molecule has 0 bridgehead atoms. The Hall–Kier alpha value is -1.63. The van der Waals surface area contributed by atoms with E-state index in [2.05, 4.69) is 25.6 Å². The molecule has 7 heteroatoms. The summed E-state index contributed by atoms with van der Waals surface area (Å²) in [6.07, 6.45) is 5.68. The first-order valence-electron chi connectivity index (χ1n) is 7.60. The fraction of sp³-hybridized carbons (Fsp3) is 0.786. The van der Waals surface area contributed by atoms with Crippen LogP contribution in [-0.4, -0.2) is 46.9 Å². The molecule has 1 aromatic rings. The molecule has 21 heavy (non-hydrogen) atoms. The van der Waals surface area contributed by atoms with E-state index in [9.17, 15) is 5.11 Å². The maximum absolute atomic E-state index is 9.73. The van der Waals surface area contributed by atoms with E-state index < -0.39 is 0 Å². The molecule has 1 heterocycles. The summed E-state index contributed by atoms with van der Waals surface area (Å²) in [6.45, 7) is 3.57. The van der Waals surface area contributed by atoms with Crippen LogP contribution in [0.4, 0.5) is 11.9 Å². The van der Waals surface area contributed by atoms with Crippen LogP contribution in [0.1, 0.15) is 39.0 Å². The molecule has 0 amide bonds. The zero-order valence-electron chi connectivity index (χ0n) is 12.9. The number of aliphatic hydroxyl groups is 1. The summed E-state index contributed by atoms with van der Waals surface area (Å²) in [5.74, 6) is 0.977. The highest BCUT2D eigenvalue weighted by molar-refractivity contribution is 5.36. The molecule has 0 atom stereocenters. The Morgan fingerprint density at radius 3 is 2.33 bits per heavy atom. The number of rotatable bonds is 7. The van der Waals surface area contributed by atoms with Gasteiger partial charge in [-0.25, -0.2) is 0 Å². The summed E-state index contributed by atoms with van der Waals surface area (Å²) in [6, 6.07) is 0.283. The maximum atomic E-state index is 9.73. The van der Waals surface area contributed by atoms with E-state index in [0.717, 1.165) is 19.4 Å². The Morgan fingerprint density at radius 1 is 1.10 bits per heavy atom. The summed E-state index contributed by atoms with van der Waals surface area (Å²) >= 11 is 0. The lowest BCUT2D eigenvalue weighted by molar-refractivity contribution is 0.0942. The lowest BCUT2D eigenvalue weighted by Crippen LogP contribution is -2.36. The topological polar surface area (TPSA) is 92.2 Å². The maximum Gasteiger partial charge on any atom is 0.322 e. The number of nitrogens with zero attached hydrogens (tertiary/aromatic N) is 3. The molecule has 0 spiro atoms. The van der Waals surface area contributed by atoms with Crippen molar-refractivity contribution in [2.45, 2.75) is 39.0 Å². The Labute approximate surface area is 125 Å². The van der Waals surface area contributed by atoms with Crippen LogP contribution in [0.5, 0.6) is 6.01 Å². The molecule has 1 saturated carbocycles. The molecule has 0 saturated heterocycles. The Balaban J connectivity index is 2.05. The fourth-order valence-electron chi connectivity index (χ4n) is 2.72. The van der Waals surface area contributed by atoms with Crippen LogP contribution >= 0.6 is 0 Å². The normalized spacial score (nSPS) is 17.3. The Morgan fingerprint density at radius 2 is 1.76 bits per heavy atom. The predicted octanol–water partition coefficient (Wildman–Crippen LogP) is 1.67. The quantitative estimate of drug-likeness (QED) is 0.704. The van der Waals surface area contributed by atoms with E-state index in [1.54, 1.807) is 0 Å². The molecule has 0 unspecified atom stereocenters. The van der Waals surface area contributed by atoms with E-state index in [0.29, 0.717) is 18.4 Å². The van der Waals surface area contributed by atoms with Gasteiger partial charge in [0.05, 0.1) is 13.7 Å². The second-order valence-corrected chi connectivity index (χ2v) is 5.57. The molecular weight excluding hydrogens is 270 g/mol. The van der Waals surface area contributed by atoms with Crippen molar-refractivity contribution in [3.8, 4) is 6.01 Å². The number of aromatic nitrogens is 3. The molecule has 0 radical (unpaired) electrons. The van der Waals surface area contributed by atoms with E-state index in [4.69, 9.17) is 4.74 Å². The zero-order chi connectivity index (χ0) is 15.1. The van der Waals surface area contributed by atoms with Crippen LogP contribution in [0.15, 0.2) is 0 Å². The van der Waals surface area contributed by atoms with Crippen molar-refractivity contribution >= 4 is 11.9 Å². The first kappa shape index (κ1) is 15.8. The minimum absolute atomic E-state index is 0.0591. The van der Waals surface area contributed by atoms with Crippen LogP contribution in [0, 0.1) is 5.41 Å². The number of nitrogens with one attached hydrogen (secondary N) is 2. The minimum atomic E-state index is -0.0591. The van der Waals surface area contributed by atoms with Crippen molar-refractivity contribution in [1.29, 1.82) is 0 Å². The van der Waals surface area contributed by atoms with Crippen LogP contribution in [0.3, 0.4) is 0 Å². The lowest BCUT2D eigenvalue weighted by atomic mass is 9.74. The van der Waals surface area contributed by atoms with Crippen molar-refractivity contribution in [3.05, 3.63) is 0 Å². The van der Waals surface area contributed by atoms with E-state index >= 15 is 0 Å². The van der Waals surface area contributed by atoms with Gasteiger partial charge in [-0.15, -0.1) is 0 Å². The highest BCUT2D eigenvalue weighted by atomic mass is 16.5. The second-order valence-electron chi connectivity index (χ2n) is 5.57. The number of anilines is 2. The van der Waals surface area contributed by atoms with Gasteiger partial charge in [-0.2, -0.15) is 15.0 Å². The van der Waals surface area contributed by atoms with Crippen molar-refractivity contribution in [1.82, 2.24) is 15.0 Å². The standard InChI is InChI=1S/C14H25N5O2/c1-3-15-11-17-12(19-13(18-11)21-2)16-9-14(10-20)7-5-4-6-8-14/h20H,3-10H2,1-2H3,(H2,15,16,17,18,19). The van der Waals surface area contributed by atoms with Crippen LogP contribution < -0.4 is 15.4 Å². The first-order valence-corrected chi connectivity index (χ1v) is 7.60. The van der Waals surface area contributed by atoms with Gasteiger partial charge in [-0.05, 0) is 19.8 Å². The molecule has 1 fully saturated rings. The van der Waals surface area contributed by atoms with Gasteiger partial charge in [0.25, 0.3) is 0 Å². The van der Waals surface area contributed by atoms with Crippen LogP contribution in [0.2, 0.25) is 0 Å². The third-order valence-corrected chi connectivity index (χ3v) is 4.00. The minimum Gasteiger partial charge on any atom is -0.467 e. The molecular formula is C14H25N5O2. The van der Waals surface area contributed by atoms with E-state index in [1.807, 2.05) is 6.92 Å². The SMILES string of the molecule is CCNc1nc(NCC2(CO)CCCCC2)nc(OC)n1.